The maximum atomic E-state index is 13.0. The van der Waals surface area contributed by atoms with Crippen LogP contribution in [0.15, 0.2) is 59.2 Å². The Morgan fingerprint density at radius 3 is 2.81 bits per heavy atom. The van der Waals surface area contributed by atoms with Gasteiger partial charge in [-0.1, -0.05) is 42.5 Å². The summed E-state index contributed by atoms with van der Waals surface area (Å²) < 4.78 is 5.53. The molecule has 4 rings (SSSR count). The van der Waals surface area contributed by atoms with Gasteiger partial charge >= 0.3 is 0 Å². The number of rotatable bonds is 2. The molecule has 0 bridgehead atoms. The van der Waals surface area contributed by atoms with Crippen LogP contribution >= 0.6 is 0 Å². The summed E-state index contributed by atoms with van der Waals surface area (Å²) in [5.41, 5.74) is 4.01. The molecule has 0 radical (unpaired) electrons. The zero-order valence-electron chi connectivity index (χ0n) is 11.7. The first kappa shape index (κ1) is 12.4. The SMILES string of the molecule is O=C(c1coc2ccccc12)C1CCCc2ccccc21. The molecule has 21 heavy (non-hydrogen) atoms. The number of furan rings is 1. The van der Waals surface area contributed by atoms with Crippen LogP contribution in [0.25, 0.3) is 11.0 Å². The number of carbonyl (C=O) groups is 1. The van der Waals surface area contributed by atoms with Gasteiger partial charge in [0.1, 0.15) is 11.8 Å². The third-order valence-corrected chi connectivity index (χ3v) is 4.43. The lowest BCUT2D eigenvalue weighted by molar-refractivity contribution is 0.0951. The summed E-state index contributed by atoms with van der Waals surface area (Å²) >= 11 is 0. The Bertz CT molecular complexity index is 813. The van der Waals surface area contributed by atoms with Crippen molar-refractivity contribution in [3.05, 3.63) is 71.5 Å². The molecule has 1 unspecified atom stereocenters. The highest BCUT2D eigenvalue weighted by atomic mass is 16.3. The van der Waals surface area contributed by atoms with E-state index in [1.165, 1.54) is 11.1 Å². The lowest BCUT2D eigenvalue weighted by atomic mass is 9.79. The number of benzene rings is 2. The second kappa shape index (κ2) is 4.88. The van der Waals surface area contributed by atoms with Gasteiger partial charge in [0.2, 0.25) is 0 Å². The second-order valence-electron chi connectivity index (χ2n) is 5.65. The minimum atomic E-state index is -0.0315. The van der Waals surface area contributed by atoms with E-state index in [1.54, 1.807) is 6.26 Å². The topological polar surface area (TPSA) is 30.2 Å². The first-order valence-electron chi connectivity index (χ1n) is 7.43. The number of carbonyl (C=O) groups excluding carboxylic acids is 1. The Morgan fingerprint density at radius 2 is 1.86 bits per heavy atom. The molecule has 0 amide bonds. The molecule has 0 saturated carbocycles. The highest BCUT2D eigenvalue weighted by Crippen LogP contribution is 2.35. The summed E-state index contributed by atoms with van der Waals surface area (Å²) in [6.45, 7) is 0. The molecule has 0 saturated heterocycles. The highest BCUT2D eigenvalue weighted by Gasteiger charge is 2.28. The maximum Gasteiger partial charge on any atom is 0.174 e. The normalized spacial score (nSPS) is 17.6. The number of para-hydroxylation sites is 1. The maximum absolute atomic E-state index is 13.0. The van der Waals surface area contributed by atoms with Crippen LogP contribution in [0.4, 0.5) is 0 Å². The lowest BCUT2D eigenvalue weighted by Crippen LogP contribution is -2.18. The van der Waals surface area contributed by atoms with Crippen LogP contribution in [0, 0.1) is 0 Å². The van der Waals surface area contributed by atoms with E-state index in [2.05, 4.69) is 18.2 Å². The Labute approximate surface area is 123 Å². The van der Waals surface area contributed by atoms with Crippen LogP contribution in [0.3, 0.4) is 0 Å². The average Bonchev–Trinajstić information content (AvgIpc) is 2.98. The van der Waals surface area contributed by atoms with Crippen LogP contribution in [-0.4, -0.2) is 5.78 Å². The van der Waals surface area contributed by atoms with Crippen molar-refractivity contribution in [3.63, 3.8) is 0 Å². The monoisotopic (exact) mass is 276 g/mol. The molecule has 104 valence electrons. The van der Waals surface area contributed by atoms with Crippen LogP contribution in [0.1, 0.15) is 40.2 Å². The van der Waals surface area contributed by atoms with Gasteiger partial charge in [-0.25, -0.2) is 0 Å². The number of aryl methyl sites for hydroxylation is 1. The first-order chi connectivity index (χ1) is 10.3. The fraction of sp³-hybridized carbons (Fsp3) is 0.211. The van der Waals surface area contributed by atoms with Crippen LogP contribution < -0.4 is 0 Å². The fourth-order valence-electron chi connectivity index (χ4n) is 3.38. The molecule has 0 spiro atoms. The van der Waals surface area contributed by atoms with Crippen LogP contribution in [-0.2, 0) is 6.42 Å². The van der Waals surface area contributed by atoms with E-state index in [-0.39, 0.29) is 11.7 Å². The standard InChI is InChI=1S/C19H16O2/c20-19(17-12-21-18-11-4-3-9-15(17)18)16-10-5-7-13-6-1-2-8-14(13)16/h1-4,6,8-9,11-12,16H,5,7,10H2. The summed E-state index contributed by atoms with van der Waals surface area (Å²) in [6, 6.07) is 16.1. The predicted molar refractivity (Wildman–Crippen MR) is 82.7 cm³/mol. The second-order valence-corrected chi connectivity index (χ2v) is 5.65. The zero-order chi connectivity index (χ0) is 14.2. The number of Topliss-reactive ketones (excluding diaryl/α,β-unsaturated/α-hetero) is 1. The zero-order valence-corrected chi connectivity index (χ0v) is 11.7. The smallest absolute Gasteiger partial charge is 0.174 e. The van der Waals surface area contributed by atoms with Gasteiger partial charge in [-0.15, -0.1) is 0 Å². The number of hydrogen-bond acceptors (Lipinski definition) is 2. The van der Waals surface area contributed by atoms with Gasteiger partial charge in [-0.05, 0) is 36.5 Å². The Kier molecular flexibility index (Phi) is 2.88. The summed E-state index contributed by atoms with van der Waals surface area (Å²) in [4.78, 5) is 13.0. The lowest BCUT2D eigenvalue weighted by Gasteiger charge is -2.24. The van der Waals surface area contributed by atoms with E-state index in [4.69, 9.17) is 4.42 Å². The summed E-state index contributed by atoms with van der Waals surface area (Å²) in [7, 11) is 0. The highest BCUT2D eigenvalue weighted by molar-refractivity contribution is 6.10. The Morgan fingerprint density at radius 1 is 1.05 bits per heavy atom. The molecule has 1 aliphatic rings. The third-order valence-electron chi connectivity index (χ3n) is 4.43. The van der Waals surface area contributed by atoms with Crippen molar-refractivity contribution < 1.29 is 9.21 Å². The van der Waals surface area contributed by atoms with E-state index in [9.17, 15) is 4.79 Å². The van der Waals surface area contributed by atoms with E-state index in [0.29, 0.717) is 5.56 Å². The van der Waals surface area contributed by atoms with Gasteiger partial charge in [0.15, 0.2) is 5.78 Å². The van der Waals surface area contributed by atoms with Crippen molar-refractivity contribution in [2.24, 2.45) is 0 Å². The van der Waals surface area contributed by atoms with Crippen LogP contribution in [0.5, 0.6) is 0 Å². The van der Waals surface area contributed by atoms with Crippen molar-refractivity contribution in [2.75, 3.05) is 0 Å². The molecule has 1 aliphatic carbocycles. The molecule has 3 aromatic rings. The predicted octanol–water partition coefficient (Wildman–Crippen LogP) is 4.74. The van der Waals surface area contributed by atoms with Gasteiger partial charge in [0.25, 0.3) is 0 Å². The van der Waals surface area contributed by atoms with Crippen molar-refractivity contribution in [3.8, 4) is 0 Å². The molecule has 0 N–H and O–H groups in total. The Hall–Kier alpha value is -2.35. The van der Waals surface area contributed by atoms with Gasteiger partial charge in [0, 0.05) is 11.3 Å². The average molecular weight is 276 g/mol. The van der Waals surface area contributed by atoms with E-state index < -0.39 is 0 Å². The fourth-order valence-corrected chi connectivity index (χ4v) is 3.38. The summed E-state index contributed by atoms with van der Waals surface area (Å²) in [5.74, 6) is 0.156. The van der Waals surface area contributed by atoms with E-state index >= 15 is 0 Å². The molecule has 1 heterocycles. The Balaban J connectivity index is 1.79. The summed E-state index contributed by atoms with van der Waals surface area (Å²) in [6.07, 6.45) is 4.69. The van der Waals surface area contributed by atoms with Crippen molar-refractivity contribution >= 4 is 16.8 Å². The summed E-state index contributed by atoms with van der Waals surface area (Å²) in [5, 5.41) is 0.922. The van der Waals surface area contributed by atoms with Crippen molar-refractivity contribution in [2.45, 2.75) is 25.2 Å². The molecule has 0 fully saturated rings. The molecule has 2 heteroatoms. The van der Waals surface area contributed by atoms with Crippen molar-refractivity contribution in [1.29, 1.82) is 0 Å². The molecular weight excluding hydrogens is 260 g/mol. The minimum absolute atomic E-state index is 0.0315. The van der Waals surface area contributed by atoms with Crippen LogP contribution in [0.2, 0.25) is 0 Å². The largest absolute Gasteiger partial charge is 0.464 e. The van der Waals surface area contributed by atoms with Crippen molar-refractivity contribution in [1.82, 2.24) is 0 Å². The molecule has 1 atom stereocenters. The van der Waals surface area contributed by atoms with Gasteiger partial charge in [0.05, 0.1) is 5.56 Å². The third kappa shape index (κ3) is 1.99. The molecule has 2 aromatic carbocycles. The molecule has 0 aliphatic heterocycles. The number of fused-ring (bicyclic) bond motifs is 2. The van der Waals surface area contributed by atoms with Gasteiger partial charge in [-0.2, -0.15) is 0 Å². The molecule has 1 aromatic heterocycles. The van der Waals surface area contributed by atoms with Gasteiger partial charge in [-0.3, -0.25) is 4.79 Å². The number of hydrogen-bond donors (Lipinski definition) is 0. The molecular formula is C19H16O2. The number of ketones is 1. The first-order valence-corrected chi connectivity index (χ1v) is 7.43. The quantitative estimate of drug-likeness (QED) is 0.633. The minimum Gasteiger partial charge on any atom is -0.464 e. The van der Waals surface area contributed by atoms with Gasteiger partial charge < -0.3 is 4.42 Å². The molecule has 2 nitrogen and oxygen atoms in total. The van der Waals surface area contributed by atoms with E-state index in [1.807, 2.05) is 30.3 Å². The van der Waals surface area contributed by atoms with E-state index in [0.717, 1.165) is 30.2 Å².